The molecule has 0 spiro atoms. The molecule has 1 N–H and O–H groups in total. The number of amides is 1. The summed E-state index contributed by atoms with van der Waals surface area (Å²) in [4.78, 5) is 30.8. The van der Waals surface area contributed by atoms with Crippen LogP contribution < -0.4 is 9.64 Å². The summed E-state index contributed by atoms with van der Waals surface area (Å²) in [5, 5.41) is 11.0. The van der Waals surface area contributed by atoms with Crippen molar-refractivity contribution < 1.29 is 28.2 Å². The number of anilines is 1. The molecule has 0 bridgehead atoms. The number of rotatable bonds is 5. The van der Waals surface area contributed by atoms with Crippen molar-refractivity contribution in [2.24, 2.45) is 0 Å². The van der Waals surface area contributed by atoms with Crippen molar-refractivity contribution in [3.05, 3.63) is 95.3 Å². The molecule has 1 unspecified atom stereocenters. The molecule has 6 nitrogen and oxygen atoms in total. The third-order valence-electron chi connectivity index (χ3n) is 5.05. The monoisotopic (exact) mass is 436 g/mol. The minimum atomic E-state index is -1.20. The van der Waals surface area contributed by atoms with Gasteiger partial charge in [0.05, 0.1) is 23.9 Å². The summed E-state index contributed by atoms with van der Waals surface area (Å²) in [6.07, 6.45) is 2.89. The molecule has 2 aromatic carbocycles. The molecule has 8 heteroatoms. The lowest BCUT2D eigenvalue weighted by molar-refractivity contribution is -0.132. The molecule has 0 saturated carbocycles. The number of hydrogen-bond acceptors (Lipinski definition) is 5. The molecule has 0 aliphatic carbocycles. The highest BCUT2D eigenvalue weighted by molar-refractivity contribution is 6.51. The number of nitrogens with zero attached hydrogens (tertiary/aromatic N) is 2. The minimum Gasteiger partial charge on any atom is -0.507 e. The van der Waals surface area contributed by atoms with Crippen LogP contribution in [-0.4, -0.2) is 28.4 Å². The van der Waals surface area contributed by atoms with Gasteiger partial charge in [0.25, 0.3) is 11.7 Å². The predicted molar refractivity (Wildman–Crippen MR) is 113 cm³/mol. The number of halogens is 2. The van der Waals surface area contributed by atoms with Gasteiger partial charge in [0, 0.05) is 24.0 Å². The van der Waals surface area contributed by atoms with E-state index in [-0.39, 0.29) is 11.1 Å². The first-order valence-electron chi connectivity index (χ1n) is 9.81. The van der Waals surface area contributed by atoms with Crippen molar-refractivity contribution in [2.45, 2.75) is 13.0 Å². The lowest BCUT2D eigenvalue weighted by Crippen LogP contribution is -2.30. The van der Waals surface area contributed by atoms with Crippen molar-refractivity contribution in [1.82, 2.24) is 4.98 Å². The van der Waals surface area contributed by atoms with Crippen LogP contribution in [0.1, 0.15) is 24.1 Å². The van der Waals surface area contributed by atoms with Crippen LogP contribution >= 0.6 is 0 Å². The zero-order valence-corrected chi connectivity index (χ0v) is 17.0. The Morgan fingerprint density at radius 1 is 1.12 bits per heavy atom. The Kier molecular flexibility index (Phi) is 5.68. The third-order valence-corrected chi connectivity index (χ3v) is 5.05. The smallest absolute Gasteiger partial charge is 0.300 e. The number of Topliss-reactive ketones (excluding diaryl/α,β-unsaturated/α-hetero) is 1. The average Bonchev–Trinajstić information content (AvgIpc) is 3.07. The fraction of sp³-hybridized carbons (Fsp3) is 0.125. The van der Waals surface area contributed by atoms with Gasteiger partial charge in [0.15, 0.2) is 0 Å². The molecule has 2 heterocycles. The number of carbonyl (C=O) groups excluding carboxylic acids is 2. The van der Waals surface area contributed by atoms with E-state index in [2.05, 4.69) is 4.98 Å². The summed E-state index contributed by atoms with van der Waals surface area (Å²) in [6, 6.07) is 10.9. The Balaban J connectivity index is 1.91. The fourth-order valence-electron chi connectivity index (χ4n) is 3.64. The predicted octanol–water partition coefficient (Wildman–Crippen LogP) is 4.38. The molecule has 1 aliphatic heterocycles. The van der Waals surface area contributed by atoms with Crippen LogP contribution in [0.5, 0.6) is 5.75 Å². The number of hydrogen-bond donors (Lipinski definition) is 1. The van der Waals surface area contributed by atoms with Gasteiger partial charge in [-0.3, -0.25) is 19.5 Å². The van der Waals surface area contributed by atoms with Gasteiger partial charge in [0.1, 0.15) is 23.1 Å². The maximum atomic E-state index is 14.6. The van der Waals surface area contributed by atoms with Crippen LogP contribution in [0.2, 0.25) is 0 Å². The summed E-state index contributed by atoms with van der Waals surface area (Å²) < 4.78 is 33.9. The Bertz CT molecular complexity index is 1210. The summed E-state index contributed by atoms with van der Waals surface area (Å²) in [5.41, 5.74) is -0.0505. The van der Waals surface area contributed by atoms with Gasteiger partial charge in [-0.1, -0.05) is 6.07 Å². The Morgan fingerprint density at radius 2 is 1.88 bits per heavy atom. The quantitative estimate of drug-likeness (QED) is 0.365. The first-order chi connectivity index (χ1) is 15.4. The molecular formula is C24H18F2N2O4. The Hall–Kier alpha value is -4.07. The van der Waals surface area contributed by atoms with Crippen molar-refractivity contribution in [3.8, 4) is 5.75 Å². The van der Waals surface area contributed by atoms with E-state index in [1.54, 1.807) is 24.3 Å². The maximum Gasteiger partial charge on any atom is 0.300 e. The summed E-state index contributed by atoms with van der Waals surface area (Å²) in [6.45, 7) is 2.28. The SMILES string of the molecule is CCOc1ccc(/C(O)=C2\C(=O)C(=O)N(c3cc(F)ccc3F)C2c2cccnc2)cc1. The van der Waals surface area contributed by atoms with E-state index in [0.717, 1.165) is 23.1 Å². The summed E-state index contributed by atoms with van der Waals surface area (Å²) >= 11 is 0. The molecule has 0 radical (unpaired) electrons. The number of ketones is 1. The maximum absolute atomic E-state index is 14.6. The molecule has 1 aromatic heterocycles. The molecule has 1 amide bonds. The van der Waals surface area contributed by atoms with Gasteiger partial charge in [-0.15, -0.1) is 0 Å². The van der Waals surface area contributed by atoms with E-state index < -0.39 is 40.8 Å². The van der Waals surface area contributed by atoms with Crippen LogP contribution in [0.4, 0.5) is 14.5 Å². The molecule has 1 aliphatic rings. The van der Waals surface area contributed by atoms with Crippen molar-refractivity contribution in [3.63, 3.8) is 0 Å². The normalized spacial score (nSPS) is 17.6. The fourth-order valence-corrected chi connectivity index (χ4v) is 3.64. The number of carbonyl (C=O) groups is 2. The molecule has 3 aromatic rings. The van der Waals surface area contributed by atoms with E-state index >= 15 is 0 Å². The van der Waals surface area contributed by atoms with Crippen LogP contribution in [0, 0.1) is 11.6 Å². The standard InChI is InChI=1S/C24H18F2N2O4/c1-2-32-17-8-5-14(6-9-17)22(29)20-21(15-4-3-11-27-13-15)28(24(31)23(20)30)19-12-16(25)7-10-18(19)26/h3-13,21,29H,2H2,1H3/b22-20+. The van der Waals surface area contributed by atoms with Gasteiger partial charge in [-0.2, -0.15) is 0 Å². The van der Waals surface area contributed by atoms with Crippen LogP contribution in [0.15, 0.2) is 72.6 Å². The first kappa shape index (κ1) is 21.2. The number of aromatic nitrogens is 1. The lowest BCUT2D eigenvalue weighted by Gasteiger charge is -2.25. The highest BCUT2D eigenvalue weighted by atomic mass is 19.1. The summed E-state index contributed by atoms with van der Waals surface area (Å²) in [5.74, 6) is -3.65. The molecule has 1 saturated heterocycles. The van der Waals surface area contributed by atoms with Crippen LogP contribution in [-0.2, 0) is 9.59 Å². The molecule has 162 valence electrons. The third kappa shape index (κ3) is 3.71. The molecule has 4 rings (SSSR count). The number of benzene rings is 2. The van der Waals surface area contributed by atoms with Crippen molar-refractivity contribution in [1.29, 1.82) is 0 Å². The van der Waals surface area contributed by atoms with Gasteiger partial charge < -0.3 is 9.84 Å². The minimum absolute atomic E-state index is 0.254. The molecule has 32 heavy (non-hydrogen) atoms. The van der Waals surface area contributed by atoms with E-state index in [9.17, 15) is 23.5 Å². The van der Waals surface area contributed by atoms with Crippen LogP contribution in [0.25, 0.3) is 5.76 Å². The first-order valence-corrected chi connectivity index (χ1v) is 9.81. The van der Waals surface area contributed by atoms with Gasteiger partial charge in [-0.25, -0.2) is 8.78 Å². The van der Waals surface area contributed by atoms with Gasteiger partial charge in [0.2, 0.25) is 0 Å². The zero-order valence-electron chi connectivity index (χ0n) is 17.0. The van der Waals surface area contributed by atoms with Crippen LogP contribution in [0.3, 0.4) is 0 Å². The number of aliphatic hydroxyl groups is 1. The highest BCUT2D eigenvalue weighted by Crippen LogP contribution is 2.42. The average molecular weight is 436 g/mol. The zero-order chi connectivity index (χ0) is 22.8. The second-order valence-corrected chi connectivity index (χ2v) is 7.01. The lowest BCUT2D eigenvalue weighted by atomic mass is 9.96. The number of pyridine rings is 1. The largest absolute Gasteiger partial charge is 0.507 e. The highest BCUT2D eigenvalue weighted by Gasteiger charge is 2.48. The van der Waals surface area contributed by atoms with E-state index in [4.69, 9.17) is 4.74 Å². The summed E-state index contributed by atoms with van der Waals surface area (Å²) in [7, 11) is 0. The number of aliphatic hydroxyl groups excluding tert-OH is 1. The van der Waals surface area contributed by atoms with E-state index in [0.29, 0.717) is 17.9 Å². The van der Waals surface area contributed by atoms with Gasteiger partial charge in [-0.05, 0) is 55.0 Å². The second kappa shape index (κ2) is 8.58. The molecule has 1 fully saturated rings. The van der Waals surface area contributed by atoms with Gasteiger partial charge >= 0.3 is 0 Å². The van der Waals surface area contributed by atoms with E-state index in [1.165, 1.54) is 24.5 Å². The number of ether oxygens (including phenoxy) is 1. The van der Waals surface area contributed by atoms with Crippen molar-refractivity contribution >= 4 is 23.1 Å². The Morgan fingerprint density at radius 3 is 2.53 bits per heavy atom. The van der Waals surface area contributed by atoms with Crippen molar-refractivity contribution in [2.75, 3.05) is 11.5 Å². The molecule has 1 atom stereocenters. The van der Waals surface area contributed by atoms with E-state index in [1.807, 2.05) is 6.92 Å². The second-order valence-electron chi connectivity index (χ2n) is 7.01. The molecular weight excluding hydrogens is 418 g/mol. The Labute approximate surface area is 182 Å². The topological polar surface area (TPSA) is 79.7 Å².